The van der Waals surface area contributed by atoms with Crippen molar-refractivity contribution in [2.45, 2.75) is 52.4 Å². The number of amides is 3. The molecule has 0 aliphatic heterocycles. The van der Waals surface area contributed by atoms with E-state index in [1.165, 1.54) is 0 Å². The van der Waals surface area contributed by atoms with Crippen LogP contribution in [0.1, 0.15) is 51.5 Å². The van der Waals surface area contributed by atoms with Crippen LogP contribution in [0.25, 0.3) is 0 Å². The SMILES string of the molecule is CCCCNCC(=O)CCNC(=O)Cc1ccc(NC(=O)COCC(=O)NCCCC)cc1. The third kappa shape index (κ3) is 14.8. The van der Waals surface area contributed by atoms with E-state index in [9.17, 15) is 19.2 Å². The van der Waals surface area contributed by atoms with E-state index in [4.69, 9.17) is 4.74 Å². The van der Waals surface area contributed by atoms with E-state index in [0.717, 1.165) is 37.8 Å². The minimum atomic E-state index is -0.365. The van der Waals surface area contributed by atoms with Gasteiger partial charge in [-0.2, -0.15) is 0 Å². The molecule has 4 N–H and O–H groups in total. The predicted octanol–water partition coefficient (Wildman–Crippen LogP) is 1.57. The third-order valence-corrected chi connectivity index (χ3v) is 4.68. The van der Waals surface area contributed by atoms with Crippen LogP contribution in [0.3, 0.4) is 0 Å². The highest BCUT2D eigenvalue weighted by atomic mass is 16.5. The van der Waals surface area contributed by atoms with Gasteiger partial charge >= 0.3 is 0 Å². The van der Waals surface area contributed by atoms with Gasteiger partial charge in [-0.25, -0.2) is 0 Å². The van der Waals surface area contributed by atoms with Crippen molar-refractivity contribution in [2.75, 3.05) is 44.7 Å². The molecule has 0 aromatic heterocycles. The smallest absolute Gasteiger partial charge is 0.250 e. The molecule has 9 nitrogen and oxygen atoms in total. The summed E-state index contributed by atoms with van der Waals surface area (Å²) in [5.41, 5.74) is 1.36. The quantitative estimate of drug-likeness (QED) is 0.245. The van der Waals surface area contributed by atoms with E-state index in [1.807, 2.05) is 6.92 Å². The molecule has 0 aliphatic carbocycles. The minimum absolute atomic E-state index is 0.0765. The molecule has 1 aromatic rings. The van der Waals surface area contributed by atoms with Crippen LogP contribution in [-0.2, 0) is 30.3 Å². The largest absolute Gasteiger partial charge is 0.362 e. The Morgan fingerprint density at radius 1 is 0.788 bits per heavy atom. The molecule has 184 valence electrons. The van der Waals surface area contributed by atoms with Gasteiger partial charge < -0.3 is 26.0 Å². The van der Waals surface area contributed by atoms with Crippen molar-refractivity contribution in [3.8, 4) is 0 Å². The summed E-state index contributed by atoms with van der Waals surface area (Å²) in [5.74, 6) is -0.695. The van der Waals surface area contributed by atoms with Crippen LogP contribution in [0, 0.1) is 0 Å². The highest BCUT2D eigenvalue weighted by molar-refractivity contribution is 5.92. The number of hydrogen-bond donors (Lipinski definition) is 4. The van der Waals surface area contributed by atoms with Crippen LogP contribution in [0.2, 0.25) is 0 Å². The lowest BCUT2D eigenvalue weighted by molar-refractivity contribution is -0.129. The van der Waals surface area contributed by atoms with E-state index < -0.39 is 0 Å². The standard InChI is InChI=1S/C24H38N4O5/c1-3-5-12-25-16-21(29)11-14-27-22(30)15-19-7-9-20(10-8-19)28-24(32)18-33-17-23(31)26-13-6-4-2/h7-10,25H,3-6,11-18H2,1-2H3,(H,26,31)(H,27,30)(H,28,32). The number of ketones is 1. The van der Waals surface area contributed by atoms with Gasteiger partial charge in [0.05, 0.1) is 13.0 Å². The third-order valence-electron chi connectivity index (χ3n) is 4.68. The fraction of sp³-hybridized carbons (Fsp3) is 0.583. The molecule has 0 radical (unpaired) electrons. The molecule has 0 saturated carbocycles. The lowest BCUT2D eigenvalue weighted by atomic mass is 10.1. The average molecular weight is 463 g/mol. The second kappa shape index (κ2) is 17.7. The Bertz CT molecular complexity index is 737. The molecule has 0 heterocycles. The number of nitrogens with one attached hydrogen (secondary N) is 4. The van der Waals surface area contributed by atoms with Crippen LogP contribution in [-0.4, -0.2) is 62.9 Å². The summed E-state index contributed by atoms with van der Waals surface area (Å²) in [5, 5.41) is 11.2. The van der Waals surface area contributed by atoms with Crippen molar-refractivity contribution < 1.29 is 23.9 Å². The maximum absolute atomic E-state index is 12.1. The molecule has 0 spiro atoms. The van der Waals surface area contributed by atoms with E-state index in [0.29, 0.717) is 31.7 Å². The number of rotatable bonds is 18. The fourth-order valence-electron chi connectivity index (χ4n) is 2.80. The lowest BCUT2D eigenvalue weighted by Gasteiger charge is -2.08. The summed E-state index contributed by atoms with van der Waals surface area (Å²) < 4.78 is 5.12. The highest BCUT2D eigenvalue weighted by Gasteiger charge is 2.08. The van der Waals surface area contributed by atoms with Crippen LogP contribution in [0.4, 0.5) is 5.69 Å². The van der Waals surface area contributed by atoms with Crippen molar-refractivity contribution in [3.05, 3.63) is 29.8 Å². The maximum Gasteiger partial charge on any atom is 0.250 e. The van der Waals surface area contributed by atoms with Gasteiger partial charge in [-0.15, -0.1) is 0 Å². The first-order chi connectivity index (χ1) is 15.9. The molecule has 0 aliphatic rings. The Balaban J connectivity index is 2.22. The van der Waals surface area contributed by atoms with E-state index in [1.54, 1.807) is 24.3 Å². The molecule has 9 heteroatoms. The average Bonchev–Trinajstić information content (AvgIpc) is 2.78. The molecule has 0 bridgehead atoms. The van der Waals surface area contributed by atoms with Gasteiger partial charge in [0, 0.05) is 25.2 Å². The first-order valence-corrected chi connectivity index (χ1v) is 11.7. The van der Waals surface area contributed by atoms with E-state index in [2.05, 4.69) is 28.2 Å². The van der Waals surface area contributed by atoms with E-state index in [-0.39, 0.29) is 43.1 Å². The van der Waals surface area contributed by atoms with Crippen molar-refractivity contribution in [3.63, 3.8) is 0 Å². The maximum atomic E-state index is 12.1. The van der Waals surface area contributed by atoms with Crippen molar-refractivity contribution in [1.29, 1.82) is 0 Å². The zero-order valence-electron chi connectivity index (χ0n) is 19.8. The summed E-state index contributed by atoms with van der Waals surface area (Å²) in [6.45, 7) is 5.83. The Morgan fingerprint density at radius 3 is 2.12 bits per heavy atom. The van der Waals surface area contributed by atoms with Gasteiger partial charge in [-0.1, -0.05) is 38.8 Å². The van der Waals surface area contributed by atoms with E-state index >= 15 is 0 Å². The normalized spacial score (nSPS) is 10.5. The molecule has 1 rings (SSSR count). The van der Waals surface area contributed by atoms with Gasteiger partial charge in [0.15, 0.2) is 0 Å². The van der Waals surface area contributed by atoms with Crippen molar-refractivity contribution >= 4 is 29.2 Å². The number of carbonyl (C=O) groups is 4. The first-order valence-electron chi connectivity index (χ1n) is 11.7. The summed E-state index contributed by atoms with van der Waals surface area (Å²) in [6, 6.07) is 6.90. The number of anilines is 1. The fourth-order valence-corrected chi connectivity index (χ4v) is 2.80. The van der Waals surface area contributed by atoms with Crippen LogP contribution < -0.4 is 21.3 Å². The zero-order chi connectivity index (χ0) is 24.3. The number of carbonyl (C=O) groups excluding carboxylic acids is 4. The number of benzene rings is 1. The minimum Gasteiger partial charge on any atom is -0.362 e. The molecule has 0 atom stereocenters. The number of hydrogen-bond acceptors (Lipinski definition) is 6. The monoisotopic (exact) mass is 462 g/mol. The number of ether oxygens (including phenoxy) is 1. The predicted molar refractivity (Wildman–Crippen MR) is 128 cm³/mol. The van der Waals surface area contributed by atoms with Crippen molar-refractivity contribution in [1.82, 2.24) is 16.0 Å². The summed E-state index contributed by atoms with van der Waals surface area (Å²) in [6.07, 6.45) is 4.51. The first kappa shape index (κ1) is 28.3. The summed E-state index contributed by atoms with van der Waals surface area (Å²) in [7, 11) is 0. The molecule has 0 unspecified atom stereocenters. The zero-order valence-corrected chi connectivity index (χ0v) is 19.8. The Labute approximate surface area is 196 Å². The van der Waals surface area contributed by atoms with Gasteiger partial charge in [0.25, 0.3) is 0 Å². The molecule has 0 saturated heterocycles. The topological polar surface area (TPSA) is 126 Å². The van der Waals surface area contributed by atoms with Gasteiger partial charge in [-0.05, 0) is 37.1 Å². The van der Waals surface area contributed by atoms with Crippen molar-refractivity contribution in [2.24, 2.45) is 0 Å². The van der Waals surface area contributed by atoms with Gasteiger partial charge in [0.2, 0.25) is 17.7 Å². The van der Waals surface area contributed by atoms with Gasteiger partial charge in [0.1, 0.15) is 19.0 Å². The molecule has 33 heavy (non-hydrogen) atoms. The van der Waals surface area contributed by atoms with Crippen LogP contribution in [0.5, 0.6) is 0 Å². The summed E-state index contributed by atoms with van der Waals surface area (Å²) >= 11 is 0. The Morgan fingerprint density at radius 2 is 1.42 bits per heavy atom. The van der Waals surface area contributed by atoms with Gasteiger partial charge in [-0.3, -0.25) is 19.2 Å². The Hall–Kier alpha value is -2.78. The second-order valence-corrected chi connectivity index (χ2v) is 7.79. The lowest BCUT2D eigenvalue weighted by Crippen LogP contribution is -2.30. The number of Topliss-reactive ketones (excluding diaryl/α,β-unsaturated/α-hetero) is 1. The molecular formula is C24H38N4O5. The van der Waals surface area contributed by atoms with Crippen LogP contribution in [0.15, 0.2) is 24.3 Å². The number of unbranched alkanes of at least 4 members (excludes halogenated alkanes) is 2. The summed E-state index contributed by atoms with van der Waals surface area (Å²) in [4.78, 5) is 47.3. The van der Waals surface area contributed by atoms with Crippen LogP contribution >= 0.6 is 0 Å². The molecule has 3 amide bonds. The molecule has 1 aromatic carbocycles. The Kier molecular flexibility index (Phi) is 15.2. The molecule has 0 fully saturated rings. The highest BCUT2D eigenvalue weighted by Crippen LogP contribution is 2.10. The second-order valence-electron chi connectivity index (χ2n) is 7.79. The molecular weight excluding hydrogens is 424 g/mol.